The molecule has 0 radical (unpaired) electrons. The van der Waals surface area contributed by atoms with Crippen LogP contribution >= 0.6 is 0 Å². The zero-order valence-corrected chi connectivity index (χ0v) is 10.9. The molecule has 2 rings (SSSR count). The van der Waals surface area contributed by atoms with E-state index in [1.165, 1.54) is 12.8 Å². The number of aromatic nitrogens is 1. The molecule has 1 aliphatic rings. The molecule has 1 heterocycles. The molecule has 4 nitrogen and oxygen atoms in total. The molecule has 1 aromatic heterocycles. The van der Waals surface area contributed by atoms with Crippen LogP contribution < -0.4 is 10.2 Å². The van der Waals surface area contributed by atoms with Crippen molar-refractivity contribution < 1.29 is 4.42 Å². The van der Waals surface area contributed by atoms with E-state index in [0.29, 0.717) is 6.04 Å². The molecule has 0 amide bonds. The summed E-state index contributed by atoms with van der Waals surface area (Å²) >= 11 is 0. The summed E-state index contributed by atoms with van der Waals surface area (Å²) in [6, 6.07) is 1.48. The molecule has 1 aromatic rings. The highest BCUT2D eigenvalue weighted by Crippen LogP contribution is 2.31. The van der Waals surface area contributed by atoms with Gasteiger partial charge < -0.3 is 14.6 Å². The number of anilines is 1. The molecule has 0 bridgehead atoms. The SMILES string of the molecule is CCCNCc1coc(N(CCC)C2CC2)n1. The minimum atomic E-state index is 0.671. The highest BCUT2D eigenvalue weighted by molar-refractivity contribution is 5.31. The van der Waals surface area contributed by atoms with Crippen LogP contribution in [0.5, 0.6) is 0 Å². The van der Waals surface area contributed by atoms with Gasteiger partial charge in [-0.1, -0.05) is 13.8 Å². The summed E-state index contributed by atoms with van der Waals surface area (Å²) < 4.78 is 5.59. The second-order valence-corrected chi connectivity index (χ2v) is 4.72. The standard InChI is InChI=1S/C13H23N3O/c1-3-7-14-9-11-10-17-13(15-11)16(8-4-2)12-5-6-12/h10,12,14H,3-9H2,1-2H3. The average Bonchev–Trinajstić information content (AvgIpc) is 3.06. The molecule has 4 heteroatoms. The van der Waals surface area contributed by atoms with Crippen LogP contribution in [0, 0.1) is 0 Å². The average molecular weight is 237 g/mol. The third-order valence-corrected chi connectivity index (χ3v) is 2.97. The highest BCUT2D eigenvalue weighted by atomic mass is 16.4. The second kappa shape index (κ2) is 6.05. The van der Waals surface area contributed by atoms with Crippen molar-refractivity contribution in [2.75, 3.05) is 18.0 Å². The third-order valence-electron chi connectivity index (χ3n) is 2.97. The topological polar surface area (TPSA) is 41.3 Å². The van der Waals surface area contributed by atoms with E-state index >= 15 is 0 Å². The summed E-state index contributed by atoms with van der Waals surface area (Å²) in [4.78, 5) is 6.87. The lowest BCUT2D eigenvalue weighted by Crippen LogP contribution is -2.26. The van der Waals surface area contributed by atoms with E-state index in [-0.39, 0.29) is 0 Å². The molecule has 0 aromatic carbocycles. The van der Waals surface area contributed by atoms with E-state index in [0.717, 1.165) is 44.2 Å². The number of hydrogen-bond acceptors (Lipinski definition) is 4. The van der Waals surface area contributed by atoms with Crippen LogP contribution in [0.15, 0.2) is 10.7 Å². The largest absolute Gasteiger partial charge is 0.432 e. The summed E-state index contributed by atoms with van der Waals surface area (Å²) in [5.41, 5.74) is 1.01. The molecule has 0 spiro atoms. The molecule has 1 fully saturated rings. The quantitative estimate of drug-likeness (QED) is 0.705. The van der Waals surface area contributed by atoms with Gasteiger partial charge in [0.1, 0.15) is 6.26 Å². The predicted octanol–water partition coefficient (Wildman–Crippen LogP) is 2.55. The molecule has 17 heavy (non-hydrogen) atoms. The molecule has 0 aliphatic heterocycles. The summed E-state index contributed by atoms with van der Waals surface area (Å²) in [5.74, 6) is 0. The lowest BCUT2D eigenvalue weighted by molar-refractivity contribution is 0.527. The Morgan fingerprint density at radius 1 is 1.41 bits per heavy atom. The van der Waals surface area contributed by atoms with Gasteiger partial charge in [0.05, 0.1) is 5.69 Å². The van der Waals surface area contributed by atoms with Crippen molar-refractivity contribution in [2.24, 2.45) is 0 Å². The molecule has 96 valence electrons. The first-order valence-corrected chi connectivity index (χ1v) is 6.77. The minimum absolute atomic E-state index is 0.671. The normalized spacial score (nSPS) is 15.2. The number of hydrogen-bond donors (Lipinski definition) is 1. The maximum atomic E-state index is 5.59. The van der Waals surface area contributed by atoms with E-state index in [2.05, 4.69) is 29.0 Å². The monoisotopic (exact) mass is 237 g/mol. The van der Waals surface area contributed by atoms with Crippen LogP contribution in [-0.4, -0.2) is 24.1 Å². The molecule has 1 saturated carbocycles. The number of nitrogens with zero attached hydrogens (tertiary/aromatic N) is 2. The van der Waals surface area contributed by atoms with Crippen molar-refractivity contribution in [3.05, 3.63) is 12.0 Å². The van der Waals surface area contributed by atoms with Gasteiger partial charge in [-0.2, -0.15) is 4.98 Å². The zero-order valence-electron chi connectivity index (χ0n) is 10.9. The van der Waals surface area contributed by atoms with Crippen molar-refractivity contribution in [2.45, 2.75) is 52.1 Å². The molecule has 0 unspecified atom stereocenters. The Balaban J connectivity index is 1.90. The summed E-state index contributed by atoms with van der Waals surface area (Å²) in [5, 5.41) is 3.34. The van der Waals surface area contributed by atoms with E-state index in [4.69, 9.17) is 4.42 Å². The fourth-order valence-corrected chi connectivity index (χ4v) is 1.96. The third kappa shape index (κ3) is 3.46. The highest BCUT2D eigenvalue weighted by Gasteiger charge is 2.31. The summed E-state index contributed by atoms with van der Waals surface area (Å²) in [7, 11) is 0. The van der Waals surface area contributed by atoms with Crippen LogP contribution in [0.3, 0.4) is 0 Å². The molecule has 1 N–H and O–H groups in total. The number of nitrogens with one attached hydrogen (secondary N) is 1. The van der Waals surface area contributed by atoms with Gasteiger partial charge in [0.15, 0.2) is 0 Å². The first-order chi connectivity index (χ1) is 8.35. The minimum Gasteiger partial charge on any atom is -0.432 e. The van der Waals surface area contributed by atoms with Gasteiger partial charge in [0, 0.05) is 19.1 Å². The summed E-state index contributed by atoms with van der Waals surface area (Å²) in [6.07, 6.45) is 6.64. The van der Waals surface area contributed by atoms with Crippen molar-refractivity contribution in [1.29, 1.82) is 0 Å². The van der Waals surface area contributed by atoms with Gasteiger partial charge in [-0.3, -0.25) is 0 Å². The molecular weight excluding hydrogens is 214 g/mol. The Hall–Kier alpha value is -1.03. The van der Waals surface area contributed by atoms with E-state index in [1.54, 1.807) is 6.26 Å². The second-order valence-electron chi connectivity index (χ2n) is 4.72. The molecule has 0 atom stereocenters. The molecular formula is C13H23N3O. The fourth-order valence-electron chi connectivity index (χ4n) is 1.96. The Bertz CT molecular complexity index is 333. The van der Waals surface area contributed by atoms with Crippen molar-refractivity contribution in [3.63, 3.8) is 0 Å². The van der Waals surface area contributed by atoms with Crippen molar-refractivity contribution >= 4 is 6.01 Å². The smallest absolute Gasteiger partial charge is 0.297 e. The Labute approximate surface area is 103 Å². The zero-order chi connectivity index (χ0) is 12.1. The van der Waals surface area contributed by atoms with Crippen molar-refractivity contribution in [3.8, 4) is 0 Å². The summed E-state index contributed by atoms with van der Waals surface area (Å²) in [6.45, 7) is 7.25. The first-order valence-electron chi connectivity index (χ1n) is 6.77. The van der Waals surface area contributed by atoms with Crippen LogP contribution in [0.1, 0.15) is 45.2 Å². The number of oxazole rings is 1. The fraction of sp³-hybridized carbons (Fsp3) is 0.769. The first kappa shape index (κ1) is 12.4. The van der Waals surface area contributed by atoms with Crippen LogP contribution in [-0.2, 0) is 6.54 Å². The number of rotatable bonds is 8. The van der Waals surface area contributed by atoms with Gasteiger partial charge in [-0.15, -0.1) is 0 Å². The van der Waals surface area contributed by atoms with Gasteiger partial charge in [0.25, 0.3) is 6.01 Å². The van der Waals surface area contributed by atoms with Gasteiger partial charge in [-0.05, 0) is 32.2 Å². The van der Waals surface area contributed by atoms with E-state index in [9.17, 15) is 0 Å². The lowest BCUT2D eigenvalue weighted by atomic mass is 10.4. The van der Waals surface area contributed by atoms with Gasteiger partial charge >= 0.3 is 0 Å². The maximum absolute atomic E-state index is 5.59. The van der Waals surface area contributed by atoms with Gasteiger partial charge in [0.2, 0.25) is 0 Å². The maximum Gasteiger partial charge on any atom is 0.297 e. The molecule has 1 aliphatic carbocycles. The molecule has 0 saturated heterocycles. The van der Waals surface area contributed by atoms with Gasteiger partial charge in [-0.25, -0.2) is 0 Å². The van der Waals surface area contributed by atoms with E-state index < -0.39 is 0 Å². The van der Waals surface area contributed by atoms with Crippen LogP contribution in [0.2, 0.25) is 0 Å². The Kier molecular flexibility index (Phi) is 4.42. The van der Waals surface area contributed by atoms with Crippen molar-refractivity contribution in [1.82, 2.24) is 10.3 Å². The predicted molar refractivity (Wildman–Crippen MR) is 69.2 cm³/mol. The van der Waals surface area contributed by atoms with Crippen LogP contribution in [0.25, 0.3) is 0 Å². The van der Waals surface area contributed by atoms with Crippen LogP contribution in [0.4, 0.5) is 6.01 Å². The Morgan fingerprint density at radius 3 is 2.88 bits per heavy atom. The van der Waals surface area contributed by atoms with E-state index in [1.807, 2.05) is 0 Å². The Morgan fingerprint density at radius 2 is 2.24 bits per heavy atom. The lowest BCUT2D eigenvalue weighted by Gasteiger charge is -2.18.